The van der Waals surface area contributed by atoms with E-state index < -0.39 is 0 Å². The first-order chi connectivity index (χ1) is 24.2. The number of rotatable bonds is 5. The molecule has 9 rings (SSSR count). The van der Waals surface area contributed by atoms with Crippen LogP contribution in [0, 0.1) is 13.8 Å². The molecular formula is C43H35N5O2. The quantitative estimate of drug-likeness (QED) is 0.185. The first-order valence-electron chi connectivity index (χ1n) is 16.8. The molecule has 0 atom stereocenters. The molecule has 0 amide bonds. The van der Waals surface area contributed by atoms with Crippen LogP contribution in [0.15, 0.2) is 126 Å². The van der Waals surface area contributed by atoms with E-state index in [0.717, 1.165) is 71.9 Å². The van der Waals surface area contributed by atoms with Gasteiger partial charge in [-0.2, -0.15) is 0 Å². The molecule has 0 saturated carbocycles. The van der Waals surface area contributed by atoms with Crippen molar-refractivity contribution in [3.63, 3.8) is 0 Å². The highest BCUT2D eigenvalue weighted by Crippen LogP contribution is 2.41. The van der Waals surface area contributed by atoms with Crippen molar-refractivity contribution in [2.75, 3.05) is 0 Å². The Balaban J connectivity index is 1.23. The number of pyridine rings is 1. The number of hydrogen-bond donors (Lipinski definition) is 0. The fourth-order valence-corrected chi connectivity index (χ4v) is 7.20. The van der Waals surface area contributed by atoms with Crippen LogP contribution in [-0.2, 0) is 5.41 Å². The molecule has 0 spiro atoms. The molecule has 0 bridgehead atoms. The summed E-state index contributed by atoms with van der Waals surface area (Å²) >= 11 is 0. The van der Waals surface area contributed by atoms with Crippen LogP contribution in [0.3, 0.4) is 0 Å². The molecule has 4 heterocycles. The zero-order valence-corrected chi connectivity index (χ0v) is 28.6. The number of aromatic nitrogens is 5. The Morgan fingerprint density at radius 1 is 0.680 bits per heavy atom. The third-order valence-electron chi connectivity index (χ3n) is 9.64. The summed E-state index contributed by atoms with van der Waals surface area (Å²) in [6, 6.07) is 37.5. The molecule has 9 aromatic rings. The average molecular weight is 654 g/mol. The second-order valence-electron chi connectivity index (χ2n) is 14.0. The minimum absolute atomic E-state index is 0.0134. The monoisotopic (exact) mass is 653 g/mol. The molecule has 0 aliphatic rings. The van der Waals surface area contributed by atoms with Gasteiger partial charge in [0.1, 0.15) is 34.8 Å². The number of fused-ring (bicyclic) bond motifs is 6. The number of para-hydroxylation sites is 3. The lowest BCUT2D eigenvalue weighted by atomic mass is 9.88. The van der Waals surface area contributed by atoms with Gasteiger partial charge in [-0.15, -0.1) is 10.2 Å². The molecular weight excluding hydrogens is 619 g/mol. The van der Waals surface area contributed by atoms with E-state index in [1.54, 1.807) is 6.33 Å². The van der Waals surface area contributed by atoms with Crippen LogP contribution in [0.5, 0.6) is 11.5 Å². The Labute approximate surface area is 289 Å². The number of benzene rings is 5. The Kier molecular flexibility index (Phi) is 6.68. The summed E-state index contributed by atoms with van der Waals surface area (Å²) in [4.78, 5) is 4.85. The summed E-state index contributed by atoms with van der Waals surface area (Å²) in [6.07, 6.45) is 3.67. The molecule has 7 heteroatoms. The van der Waals surface area contributed by atoms with Gasteiger partial charge in [0.25, 0.3) is 0 Å². The van der Waals surface area contributed by atoms with Crippen molar-refractivity contribution >= 4 is 43.7 Å². The number of nitrogens with zero attached hydrogens (tertiary/aromatic N) is 5. The predicted molar refractivity (Wildman–Crippen MR) is 201 cm³/mol. The van der Waals surface area contributed by atoms with Crippen molar-refractivity contribution in [1.82, 2.24) is 24.3 Å². The average Bonchev–Trinajstić information content (AvgIpc) is 3.82. The third-order valence-corrected chi connectivity index (χ3v) is 9.64. The molecule has 244 valence electrons. The number of furan rings is 1. The lowest BCUT2D eigenvalue weighted by Crippen LogP contribution is -2.12. The number of hydrogen-bond acceptors (Lipinski definition) is 5. The highest BCUT2D eigenvalue weighted by Gasteiger charge is 2.22. The van der Waals surface area contributed by atoms with Crippen molar-refractivity contribution in [2.24, 2.45) is 0 Å². The second kappa shape index (κ2) is 11.2. The molecule has 0 saturated heterocycles. The maximum atomic E-state index is 6.78. The summed E-state index contributed by atoms with van der Waals surface area (Å²) in [5.74, 6) is 2.94. The maximum absolute atomic E-state index is 6.78. The Bertz CT molecular complexity index is 2740. The van der Waals surface area contributed by atoms with Gasteiger partial charge < -0.3 is 9.15 Å². The lowest BCUT2D eigenvalue weighted by molar-refractivity contribution is 0.484. The van der Waals surface area contributed by atoms with Crippen LogP contribution >= 0.6 is 0 Å². The van der Waals surface area contributed by atoms with Gasteiger partial charge in [-0.25, -0.2) is 4.98 Å². The Hall–Kier alpha value is -6.21. The van der Waals surface area contributed by atoms with Gasteiger partial charge in [-0.05, 0) is 84.5 Å². The SMILES string of the molecule is Cc1cccc(C)c1-n1cnnc1-c1cc(Oc2ccc3c4ccccc4n(-c4cc(C(C)(C)C)ccn4)c3c2)cc2c1oc1ccccc12. The van der Waals surface area contributed by atoms with Crippen molar-refractivity contribution in [1.29, 1.82) is 0 Å². The molecule has 0 radical (unpaired) electrons. The standard InChI is InChI=1S/C43H35N5O2/c1-26-11-10-12-27(2)40(26)47-25-45-46-42(47)35-23-30(22-34-33-14-7-9-16-38(33)50-41(34)35)49-29-17-18-32-31-13-6-8-15-36(31)48(37(32)24-29)39-21-28(19-20-44-39)43(3,4)5/h6-25H,1-5H3. The highest BCUT2D eigenvalue weighted by atomic mass is 16.5. The molecule has 0 unspecified atom stereocenters. The second-order valence-corrected chi connectivity index (χ2v) is 14.0. The fraction of sp³-hybridized carbons (Fsp3) is 0.140. The van der Waals surface area contributed by atoms with Crippen LogP contribution in [0.4, 0.5) is 0 Å². The lowest BCUT2D eigenvalue weighted by Gasteiger charge is -2.20. The summed E-state index contributed by atoms with van der Waals surface area (Å²) in [5, 5.41) is 13.3. The molecule has 0 aliphatic heterocycles. The van der Waals surface area contributed by atoms with Crippen LogP contribution in [0.25, 0.3) is 66.6 Å². The smallest absolute Gasteiger partial charge is 0.172 e. The van der Waals surface area contributed by atoms with E-state index in [1.165, 1.54) is 5.56 Å². The first-order valence-corrected chi connectivity index (χ1v) is 16.8. The van der Waals surface area contributed by atoms with Gasteiger partial charge in [0.05, 0.1) is 22.3 Å². The van der Waals surface area contributed by atoms with Gasteiger partial charge in [-0.1, -0.05) is 75.4 Å². The topological polar surface area (TPSA) is 70.9 Å². The van der Waals surface area contributed by atoms with Crippen molar-refractivity contribution in [2.45, 2.75) is 40.0 Å². The van der Waals surface area contributed by atoms with Gasteiger partial charge in [-0.3, -0.25) is 9.13 Å². The number of ether oxygens (including phenoxy) is 1. The van der Waals surface area contributed by atoms with Crippen LogP contribution in [0.1, 0.15) is 37.5 Å². The summed E-state index contributed by atoms with van der Waals surface area (Å²) in [7, 11) is 0. The summed E-state index contributed by atoms with van der Waals surface area (Å²) in [5.41, 5.74) is 8.97. The highest BCUT2D eigenvalue weighted by molar-refractivity contribution is 6.11. The van der Waals surface area contributed by atoms with E-state index in [2.05, 4.69) is 128 Å². The molecule has 4 aromatic heterocycles. The molecule has 0 N–H and O–H groups in total. The van der Waals surface area contributed by atoms with Gasteiger partial charge in [0.15, 0.2) is 5.82 Å². The summed E-state index contributed by atoms with van der Waals surface area (Å²) in [6.45, 7) is 10.9. The Morgan fingerprint density at radius 2 is 1.44 bits per heavy atom. The van der Waals surface area contributed by atoms with E-state index in [0.29, 0.717) is 17.3 Å². The zero-order valence-electron chi connectivity index (χ0n) is 28.6. The molecule has 7 nitrogen and oxygen atoms in total. The normalized spacial score (nSPS) is 12.1. The van der Waals surface area contributed by atoms with Gasteiger partial charge in [0, 0.05) is 33.8 Å². The van der Waals surface area contributed by atoms with Crippen molar-refractivity contribution < 1.29 is 9.15 Å². The summed E-state index contributed by atoms with van der Waals surface area (Å²) < 4.78 is 17.6. The van der Waals surface area contributed by atoms with Gasteiger partial charge >= 0.3 is 0 Å². The molecule has 50 heavy (non-hydrogen) atoms. The van der Waals surface area contributed by atoms with Crippen molar-refractivity contribution in [3.05, 3.63) is 138 Å². The van der Waals surface area contributed by atoms with E-state index in [4.69, 9.17) is 14.1 Å². The predicted octanol–water partition coefficient (Wildman–Crippen LogP) is 11.0. The third kappa shape index (κ3) is 4.77. The molecule has 0 fully saturated rings. The van der Waals surface area contributed by atoms with Crippen LogP contribution < -0.4 is 4.74 Å². The minimum atomic E-state index is -0.0134. The molecule has 5 aromatic carbocycles. The fourth-order valence-electron chi connectivity index (χ4n) is 7.20. The molecule has 0 aliphatic carbocycles. The van der Waals surface area contributed by atoms with E-state index in [1.807, 2.05) is 41.1 Å². The van der Waals surface area contributed by atoms with Crippen molar-refractivity contribution in [3.8, 4) is 34.4 Å². The van der Waals surface area contributed by atoms with E-state index in [-0.39, 0.29) is 5.41 Å². The van der Waals surface area contributed by atoms with Crippen LogP contribution in [0.2, 0.25) is 0 Å². The maximum Gasteiger partial charge on any atom is 0.172 e. The first kappa shape index (κ1) is 29.9. The zero-order chi connectivity index (χ0) is 34.1. The van der Waals surface area contributed by atoms with Gasteiger partial charge in [0.2, 0.25) is 0 Å². The number of aryl methyl sites for hydroxylation is 2. The van der Waals surface area contributed by atoms with Crippen LogP contribution in [-0.4, -0.2) is 24.3 Å². The van der Waals surface area contributed by atoms with E-state index >= 15 is 0 Å². The van der Waals surface area contributed by atoms with E-state index in [9.17, 15) is 0 Å². The minimum Gasteiger partial charge on any atom is -0.457 e. The Morgan fingerprint density at radius 3 is 2.26 bits per heavy atom. The largest absolute Gasteiger partial charge is 0.457 e.